The van der Waals surface area contributed by atoms with Crippen molar-refractivity contribution in [2.24, 2.45) is 16.6 Å². The number of aryl methyl sites for hydroxylation is 1. The fourth-order valence-corrected chi connectivity index (χ4v) is 2.05. The molecule has 1 rings (SSSR count). The van der Waals surface area contributed by atoms with Crippen LogP contribution in [-0.2, 0) is 6.42 Å². The first-order valence-electron chi connectivity index (χ1n) is 7.03. The molecule has 0 aliphatic rings. The van der Waals surface area contributed by atoms with Crippen molar-refractivity contribution in [2.75, 3.05) is 0 Å². The molecule has 1 aromatic rings. The van der Waals surface area contributed by atoms with Crippen molar-refractivity contribution in [3.05, 3.63) is 47.5 Å². The van der Waals surface area contributed by atoms with Crippen LogP contribution >= 0.6 is 0 Å². The number of hydrogen-bond donors (Lipinski definition) is 1. The van der Waals surface area contributed by atoms with Gasteiger partial charge in [-0.2, -0.15) is 0 Å². The molecule has 20 heavy (non-hydrogen) atoms. The van der Waals surface area contributed by atoms with Gasteiger partial charge in [-0.15, -0.1) is 6.58 Å². The number of rotatable bonds is 6. The maximum Gasteiger partial charge on any atom is 0.121 e. The molecule has 0 fully saturated rings. The van der Waals surface area contributed by atoms with Crippen LogP contribution in [0.4, 0.5) is 0 Å². The molecule has 110 valence electrons. The Labute approximate surface area is 122 Å². The van der Waals surface area contributed by atoms with Crippen molar-refractivity contribution >= 4 is 5.84 Å². The molecular formula is C17H26N2O. The van der Waals surface area contributed by atoms with E-state index in [1.54, 1.807) is 12.3 Å². The zero-order chi connectivity index (χ0) is 15.3. The predicted octanol–water partition coefficient (Wildman–Crippen LogP) is 4.03. The lowest BCUT2D eigenvalue weighted by atomic mass is 9.91. The number of allylic oxidation sites excluding steroid dienone is 1. The smallest absolute Gasteiger partial charge is 0.121 e. The van der Waals surface area contributed by atoms with Crippen molar-refractivity contribution in [1.82, 2.24) is 0 Å². The number of hydrogen-bond acceptors (Lipinski definition) is 2. The van der Waals surface area contributed by atoms with E-state index in [0.29, 0.717) is 11.8 Å². The average molecular weight is 274 g/mol. The molecule has 2 atom stereocenters. The normalized spacial score (nSPS) is 16.6. The van der Waals surface area contributed by atoms with Gasteiger partial charge in [0.1, 0.15) is 11.6 Å². The molecule has 0 radical (unpaired) electrons. The quantitative estimate of drug-likeness (QED) is 0.483. The topological polar surface area (TPSA) is 51.5 Å². The molecule has 0 bridgehead atoms. The lowest BCUT2D eigenvalue weighted by Crippen LogP contribution is -2.19. The van der Waals surface area contributed by atoms with E-state index in [-0.39, 0.29) is 6.04 Å². The van der Waals surface area contributed by atoms with E-state index in [9.17, 15) is 0 Å². The van der Waals surface area contributed by atoms with Crippen molar-refractivity contribution in [2.45, 2.75) is 47.1 Å². The zero-order valence-corrected chi connectivity index (χ0v) is 13.2. The van der Waals surface area contributed by atoms with Crippen molar-refractivity contribution in [3.8, 4) is 0 Å². The minimum absolute atomic E-state index is 0.0455. The van der Waals surface area contributed by atoms with Gasteiger partial charge in [0.25, 0.3) is 0 Å². The molecule has 2 unspecified atom stereocenters. The van der Waals surface area contributed by atoms with E-state index >= 15 is 0 Å². The third-order valence-electron chi connectivity index (χ3n) is 3.89. The first kappa shape index (κ1) is 16.3. The second kappa shape index (κ2) is 7.13. The molecular weight excluding hydrogens is 248 g/mol. The minimum Gasteiger partial charge on any atom is -0.469 e. The van der Waals surface area contributed by atoms with Gasteiger partial charge in [-0.1, -0.05) is 18.6 Å². The Hall–Kier alpha value is -1.77. The summed E-state index contributed by atoms with van der Waals surface area (Å²) in [4.78, 5) is 4.41. The van der Waals surface area contributed by atoms with E-state index in [0.717, 1.165) is 17.8 Å². The molecule has 0 spiro atoms. The van der Waals surface area contributed by atoms with Crippen LogP contribution in [0.3, 0.4) is 0 Å². The lowest BCUT2D eigenvalue weighted by molar-refractivity contribution is 0.525. The summed E-state index contributed by atoms with van der Waals surface area (Å²) < 4.78 is 5.34. The molecule has 3 heteroatoms. The maximum atomic E-state index is 6.06. The molecule has 3 nitrogen and oxygen atoms in total. The van der Waals surface area contributed by atoms with Gasteiger partial charge in [-0.25, -0.2) is 0 Å². The fraction of sp³-hybridized carbons (Fsp3) is 0.471. The average Bonchev–Trinajstić information content (AvgIpc) is 2.82. The Morgan fingerprint density at radius 1 is 1.45 bits per heavy atom. The third kappa shape index (κ3) is 4.12. The van der Waals surface area contributed by atoms with Gasteiger partial charge in [-0.3, -0.25) is 4.99 Å². The molecule has 0 aromatic carbocycles. The molecule has 0 aliphatic heterocycles. The summed E-state index contributed by atoms with van der Waals surface area (Å²) in [5.41, 5.74) is 9.64. The van der Waals surface area contributed by atoms with E-state index in [2.05, 4.69) is 25.4 Å². The number of nitrogens with zero attached hydrogens (tertiary/aromatic N) is 1. The summed E-state index contributed by atoms with van der Waals surface area (Å²) in [6, 6.07) is 2.08. The Morgan fingerprint density at radius 3 is 2.60 bits per heavy atom. The summed E-state index contributed by atoms with van der Waals surface area (Å²) in [5, 5.41) is 0. The second-order valence-corrected chi connectivity index (χ2v) is 5.41. The number of amidine groups is 1. The molecule has 2 N–H and O–H groups in total. The first-order valence-corrected chi connectivity index (χ1v) is 7.03. The highest BCUT2D eigenvalue weighted by Crippen LogP contribution is 2.22. The summed E-state index contributed by atoms with van der Waals surface area (Å²) in [6.45, 7) is 14.0. The van der Waals surface area contributed by atoms with Crippen LogP contribution in [0.2, 0.25) is 0 Å². The van der Waals surface area contributed by atoms with E-state index < -0.39 is 0 Å². The van der Waals surface area contributed by atoms with E-state index in [1.807, 2.05) is 26.8 Å². The van der Waals surface area contributed by atoms with Gasteiger partial charge in [0.2, 0.25) is 0 Å². The Bertz CT molecular complexity index is 523. The Balaban J connectivity index is 2.88. The molecule has 0 amide bonds. The van der Waals surface area contributed by atoms with Gasteiger partial charge in [-0.05, 0) is 57.2 Å². The van der Waals surface area contributed by atoms with Crippen LogP contribution in [0.25, 0.3) is 0 Å². The van der Waals surface area contributed by atoms with Gasteiger partial charge >= 0.3 is 0 Å². The maximum absolute atomic E-state index is 6.06. The number of furan rings is 1. The Kier molecular flexibility index (Phi) is 5.81. The second-order valence-electron chi connectivity index (χ2n) is 5.41. The first-order chi connectivity index (χ1) is 9.36. The predicted molar refractivity (Wildman–Crippen MR) is 86.0 cm³/mol. The van der Waals surface area contributed by atoms with Crippen molar-refractivity contribution in [3.63, 3.8) is 0 Å². The Morgan fingerprint density at radius 2 is 2.10 bits per heavy atom. The summed E-state index contributed by atoms with van der Waals surface area (Å²) in [6.07, 6.45) is 4.48. The largest absolute Gasteiger partial charge is 0.469 e. The van der Waals surface area contributed by atoms with E-state index in [1.165, 1.54) is 11.1 Å². The van der Waals surface area contributed by atoms with Crippen LogP contribution in [0.15, 0.2) is 45.5 Å². The SMILES string of the molecule is C=CC(C)N=C(N)/C(C)=C(\C)C(C)Cc1ccoc1C. The number of aliphatic imine (C=N–C) groups is 1. The van der Waals surface area contributed by atoms with Crippen LogP contribution in [0.1, 0.15) is 39.0 Å². The van der Waals surface area contributed by atoms with Gasteiger partial charge in [0.15, 0.2) is 0 Å². The summed E-state index contributed by atoms with van der Waals surface area (Å²) >= 11 is 0. The molecule has 1 heterocycles. The number of nitrogens with two attached hydrogens (primary N) is 1. The van der Waals surface area contributed by atoms with Crippen LogP contribution < -0.4 is 5.73 Å². The van der Waals surface area contributed by atoms with Crippen molar-refractivity contribution < 1.29 is 4.42 Å². The minimum atomic E-state index is 0.0455. The molecule has 0 aliphatic carbocycles. The summed E-state index contributed by atoms with van der Waals surface area (Å²) in [5.74, 6) is 1.99. The molecule has 0 saturated heterocycles. The van der Waals surface area contributed by atoms with Crippen LogP contribution in [0, 0.1) is 12.8 Å². The van der Waals surface area contributed by atoms with E-state index in [4.69, 9.17) is 10.2 Å². The van der Waals surface area contributed by atoms with Gasteiger partial charge < -0.3 is 10.2 Å². The zero-order valence-electron chi connectivity index (χ0n) is 13.2. The molecule has 0 saturated carbocycles. The highest BCUT2D eigenvalue weighted by Gasteiger charge is 2.13. The molecule has 1 aromatic heterocycles. The van der Waals surface area contributed by atoms with Crippen LogP contribution in [0.5, 0.6) is 0 Å². The van der Waals surface area contributed by atoms with Gasteiger partial charge in [0, 0.05) is 0 Å². The third-order valence-corrected chi connectivity index (χ3v) is 3.89. The fourth-order valence-electron chi connectivity index (χ4n) is 2.05. The summed E-state index contributed by atoms with van der Waals surface area (Å²) in [7, 11) is 0. The lowest BCUT2D eigenvalue weighted by Gasteiger charge is -2.16. The van der Waals surface area contributed by atoms with Gasteiger partial charge in [0.05, 0.1) is 12.3 Å². The highest BCUT2D eigenvalue weighted by atomic mass is 16.3. The van der Waals surface area contributed by atoms with Crippen LogP contribution in [-0.4, -0.2) is 11.9 Å². The monoisotopic (exact) mass is 274 g/mol. The highest BCUT2D eigenvalue weighted by molar-refractivity contribution is 5.97. The van der Waals surface area contributed by atoms with Crippen molar-refractivity contribution in [1.29, 1.82) is 0 Å². The standard InChI is InChI=1S/C17H26N2O/c1-7-12(3)19-17(18)14(5)13(4)11(2)10-16-8-9-20-15(16)6/h7-9,11-12H,1,10H2,2-6H3,(H2,18,19)/b14-13+.